The minimum Gasteiger partial charge on any atom is -0.100 e. The second kappa shape index (κ2) is 7.14. The third kappa shape index (κ3) is 8.38. The van der Waals surface area contributed by atoms with E-state index in [1.165, 1.54) is 35.7 Å². The number of allylic oxidation sites excluding steroid dienone is 1. The topological polar surface area (TPSA) is 0 Å². The Balaban J connectivity index is 3.16. The van der Waals surface area contributed by atoms with Crippen LogP contribution in [0.5, 0.6) is 0 Å². The van der Waals surface area contributed by atoms with Gasteiger partial charge in [0, 0.05) is 0 Å². The van der Waals surface area contributed by atoms with Gasteiger partial charge in [0.2, 0.25) is 0 Å². The Morgan fingerprint density at radius 3 is 2.55 bits per heavy atom. The highest BCUT2D eigenvalue weighted by molar-refractivity contribution is 14.1. The van der Waals surface area contributed by atoms with Crippen LogP contribution >= 0.6 is 22.6 Å². The summed E-state index contributed by atoms with van der Waals surface area (Å²) in [5, 5.41) is 0. The maximum atomic E-state index is 3.90. The summed E-state index contributed by atoms with van der Waals surface area (Å²) >= 11 is 2.45. The van der Waals surface area contributed by atoms with Crippen LogP contribution in [0.15, 0.2) is 12.2 Å². The SMILES string of the molecule is C=C(C)CCCC(C)CCI. The highest BCUT2D eigenvalue weighted by Crippen LogP contribution is 2.14. The van der Waals surface area contributed by atoms with Crippen molar-refractivity contribution in [1.29, 1.82) is 0 Å². The molecule has 0 N–H and O–H groups in total. The van der Waals surface area contributed by atoms with E-state index in [2.05, 4.69) is 43.0 Å². The normalized spacial score (nSPS) is 13.0. The molecule has 0 aliphatic rings. The fraction of sp³-hybridized carbons (Fsp3) is 0.800. The van der Waals surface area contributed by atoms with Crippen LogP contribution in [-0.2, 0) is 0 Å². The standard InChI is InChI=1S/C10H19I/c1-9(2)5-4-6-10(3)7-8-11/h10H,1,4-8H2,2-3H3. The second-order valence-corrected chi connectivity index (χ2v) is 4.51. The van der Waals surface area contributed by atoms with Gasteiger partial charge in [0.25, 0.3) is 0 Å². The molecule has 0 saturated heterocycles. The van der Waals surface area contributed by atoms with Gasteiger partial charge in [0.1, 0.15) is 0 Å². The van der Waals surface area contributed by atoms with Crippen molar-refractivity contribution in [1.82, 2.24) is 0 Å². The molecule has 0 nitrogen and oxygen atoms in total. The van der Waals surface area contributed by atoms with E-state index >= 15 is 0 Å². The zero-order valence-electron chi connectivity index (χ0n) is 7.70. The predicted octanol–water partition coefficient (Wildman–Crippen LogP) is 4.19. The van der Waals surface area contributed by atoms with Crippen molar-refractivity contribution in [3.8, 4) is 0 Å². The van der Waals surface area contributed by atoms with Gasteiger partial charge >= 0.3 is 0 Å². The molecule has 1 heteroatoms. The number of halogens is 1. The Hall–Kier alpha value is 0.470. The van der Waals surface area contributed by atoms with Crippen molar-refractivity contribution in [2.24, 2.45) is 5.92 Å². The van der Waals surface area contributed by atoms with Gasteiger partial charge in [-0.3, -0.25) is 0 Å². The van der Waals surface area contributed by atoms with E-state index in [9.17, 15) is 0 Å². The summed E-state index contributed by atoms with van der Waals surface area (Å²) in [4.78, 5) is 0. The molecule has 1 unspecified atom stereocenters. The third-order valence-electron chi connectivity index (χ3n) is 1.90. The molecule has 0 spiro atoms. The van der Waals surface area contributed by atoms with E-state index in [0.717, 1.165) is 5.92 Å². The number of hydrogen-bond acceptors (Lipinski definition) is 0. The number of rotatable bonds is 6. The van der Waals surface area contributed by atoms with Gasteiger partial charge in [-0.25, -0.2) is 0 Å². The van der Waals surface area contributed by atoms with Crippen LogP contribution < -0.4 is 0 Å². The van der Waals surface area contributed by atoms with Crippen molar-refractivity contribution in [2.45, 2.75) is 39.5 Å². The molecule has 0 aromatic heterocycles. The minimum absolute atomic E-state index is 0.909. The van der Waals surface area contributed by atoms with Crippen LogP contribution in [0.4, 0.5) is 0 Å². The molecule has 0 bridgehead atoms. The van der Waals surface area contributed by atoms with E-state index < -0.39 is 0 Å². The molecule has 0 fully saturated rings. The average molecular weight is 266 g/mol. The first-order chi connectivity index (χ1) is 5.16. The average Bonchev–Trinajstić information content (AvgIpc) is 1.87. The lowest BCUT2D eigenvalue weighted by molar-refractivity contribution is 0.501. The summed E-state index contributed by atoms with van der Waals surface area (Å²) in [6.07, 6.45) is 5.28. The fourth-order valence-corrected chi connectivity index (χ4v) is 2.15. The Morgan fingerprint density at radius 2 is 2.09 bits per heavy atom. The van der Waals surface area contributed by atoms with Crippen molar-refractivity contribution < 1.29 is 0 Å². The van der Waals surface area contributed by atoms with E-state index in [1.807, 2.05) is 0 Å². The summed E-state index contributed by atoms with van der Waals surface area (Å²) in [5.74, 6) is 0.909. The lowest BCUT2D eigenvalue weighted by Gasteiger charge is -2.08. The molecule has 0 radical (unpaired) electrons. The van der Waals surface area contributed by atoms with Crippen LogP contribution in [0.1, 0.15) is 39.5 Å². The van der Waals surface area contributed by atoms with Gasteiger partial charge in [-0.05, 0) is 36.5 Å². The molecule has 11 heavy (non-hydrogen) atoms. The summed E-state index contributed by atoms with van der Waals surface area (Å²) in [6.45, 7) is 8.35. The molecule has 0 saturated carbocycles. The summed E-state index contributed by atoms with van der Waals surface area (Å²) in [6, 6.07) is 0. The first-order valence-corrected chi connectivity index (χ1v) is 5.89. The first kappa shape index (κ1) is 11.5. The number of hydrogen-bond donors (Lipinski definition) is 0. The van der Waals surface area contributed by atoms with Crippen molar-refractivity contribution in [3.05, 3.63) is 12.2 Å². The minimum atomic E-state index is 0.909. The molecule has 0 aromatic rings. The van der Waals surface area contributed by atoms with Crippen LogP contribution in [-0.4, -0.2) is 4.43 Å². The lowest BCUT2D eigenvalue weighted by Crippen LogP contribution is -1.95. The predicted molar refractivity (Wildman–Crippen MR) is 61.3 cm³/mol. The summed E-state index contributed by atoms with van der Waals surface area (Å²) in [5.41, 5.74) is 1.33. The quantitative estimate of drug-likeness (QED) is 0.384. The molecular weight excluding hydrogens is 247 g/mol. The molecule has 0 amide bonds. The Kier molecular flexibility index (Phi) is 7.44. The van der Waals surface area contributed by atoms with E-state index in [0.29, 0.717) is 0 Å². The zero-order valence-corrected chi connectivity index (χ0v) is 9.86. The van der Waals surface area contributed by atoms with E-state index in [1.54, 1.807) is 0 Å². The van der Waals surface area contributed by atoms with Crippen LogP contribution in [0, 0.1) is 5.92 Å². The smallest absolute Gasteiger partial charge is 0.000219 e. The molecule has 1 atom stereocenters. The lowest BCUT2D eigenvalue weighted by atomic mass is 10.0. The van der Waals surface area contributed by atoms with Gasteiger partial charge in [-0.15, -0.1) is 6.58 Å². The van der Waals surface area contributed by atoms with Crippen molar-refractivity contribution in [2.75, 3.05) is 4.43 Å². The molecular formula is C10H19I. The highest BCUT2D eigenvalue weighted by atomic mass is 127. The van der Waals surface area contributed by atoms with Crippen molar-refractivity contribution in [3.63, 3.8) is 0 Å². The highest BCUT2D eigenvalue weighted by Gasteiger charge is 1.99. The molecule has 66 valence electrons. The Bertz CT molecular complexity index is 107. The molecule has 0 aromatic carbocycles. The monoisotopic (exact) mass is 266 g/mol. The van der Waals surface area contributed by atoms with Gasteiger partial charge in [0.05, 0.1) is 0 Å². The van der Waals surface area contributed by atoms with E-state index in [-0.39, 0.29) is 0 Å². The number of alkyl halides is 1. The molecule has 0 rings (SSSR count). The maximum absolute atomic E-state index is 3.90. The van der Waals surface area contributed by atoms with Gasteiger partial charge < -0.3 is 0 Å². The molecule has 0 aliphatic carbocycles. The molecule has 0 aliphatic heterocycles. The largest absolute Gasteiger partial charge is 0.100 e. The third-order valence-corrected chi connectivity index (χ3v) is 2.53. The fourth-order valence-electron chi connectivity index (χ4n) is 1.08. The summed E-state index contributed by atoms with van der Waals surface area (Å²) < 4.78 is 1.30. The summed E-state index contributed by atoms with van der Waals surface area (Å²) in [7, 11) is 0. The second-order valence-electron chi connectivity index (χ2n) is 3.43. The Labute approximate surface area is 84.6 Å². The zero-order chi connectivity index (χ0) is 8.69. The first-order valence-electron chi connectivity index (χ1n) is 4.37. The van der Waals surface area contributed by atoms with Crippen LogP contribution in [0.3, 0.4) is 0 Å². The van der Waals surface area contributed by atoms with Crippen molar-refractivity contribution >= 4 is 22.6 Å². The maximum Gasteiger partial charge on any atom is -0.000219 e. The molecule has 0 heterocycles. The Morgan fingerprint density at radius 1 is 1.45 bits per heavy atom. The van der Waals surface area contributed by atoms with Gasteiger partial charge in [-0.1, -0.05) is 41.5 Å². The van der Waals surface area contributed by atoms with Crippen LogP contribution in [0.2, 0.25) is 0 Å². The van der Waals surface area contributed by atoms with Gasteiger partial charge in [-0.2, -0.15) is 0 Å². The van der Waals surface area contributed by atoms with E-state index in [4.69, 9.17) is 0 Å². The van der Waals surface area contributed by atoms with Gasteiger partial charge in [0.15, 0.2) is 0 Å². The van der Waals surface area contributed by atoms with Crippen LogP contribution in [0.25, 0.3) is 0 Å².